The fraction of sp³-hybridized carbons (Fsp3) is 0. The van der Waals surface area contributed by atoms with Gasteiger partial charge in [-0.1, -0.05) is 121 Å². The first kappa shape index (κ1) is 30.3. The van der Waals surface area contributed by atoms with Gasteiger partial charge in [-0.15, -0.1) is 0 Å². The maximum absolute atomic E-state index is 6.75. The lowest BCUT2D eigenvalue weighted by molar-refractivity contribution is 0.622. The molecule has 5 heteroatoms. The predicted octanol–water partition coefficient (Wildman–Crippen LogP) is 14.1. The third kappa shape index (κ3) is 4.83. The molecule has 0 fully saturated rings. The minimum Gasteiger partial charge on any atom is -0.455 e. The summed E-state index contributed by atoms with van der Waals surface area (Å²) in [4.78, 5) is 7.11. The molecular weight excluding hydrogens is 665 g/mol. The highest BCUT2D eigenvalue weighted by molar-refractivity contribution is 6.19. The Labute approximate surface area is 309 Å². The highest BCUT2D eigenvalue weighted by Crippen LogP contribution is 2.45. The Balaban J connectivity index is 1.07. The van der Waals surface area contributed by atoms with E-state index in [-0.39, 0.29) is 0 Å². The maximum atomic E-state index is 6.75. The van der Waals surface area contributed by atoms with Gasteiger partial charge in [0.15, 0.2) is 11.2 Å². The van der Waals surface area contributed by atoms with Crippen LogP contribution in [0.3, 0.4) is 0 Å². The Hall–Kier alpha value is -7.37. The third-order valence-electron chi connectivity index (χ3n) is 10.3. The monoisotopic (exact) mass is 694 g/mol. The summed E-state index contributed by atoms with van der Waals surface area (Å²) in [5.41, 5.74) is 13.1. The van der Waals surface area contributed by atoms with Crippen LogP contribution >= 0.6 is 0 Å². The maximum Gasteiger partial charge on any atom is 0.227 e. The van der Waals surface area contributed by atoms with E-state index in [0.717, 1.165) is 88.7 Å². The van der Waals surface area contributed by atoms with Crippen LogP contribution in [0.25, 0.3) is 88.7 Å². The molecule has 11 rings (SSSR count). The molecule has 0 bridgehead atoms. The zero-order valence-corrected chi connectivity index (χ0v) is 28.9. The molecule has 0 amide bonds. The summed E-state index contributed by atoms with van der Waals surface area (Å²) in [6.07, 6.45) is 0. The molecule has 0 radical (unpaired) electrons. The molecule has 54 heavy (non-hydrogen) atoms. The molecule has 11 aromatic rings. The Kier molecular flexibility index (Phi) is 6.79. The number of hydrogen-bond acceptors (Lipinski definition) is 5. The molecule has 0 saturated heterocycles. The van der Waals surface area contributed by atoms with E-state index < -0.39 is 0 Å². The van der Waals surface area contributed by atoms with Crippen LogP contribution in [0, 0.1) is 0 Å². The smallest absolute Gasteiger partial charge is 0.227 e. The van der Waals surface area contributed by atoms with E-state index in [1.54, 1.807) is 0 Å². The SMILES string of the molecule is c1ccc(-c2ccc(N(c3ccc(-c4cccc5c4oc4ccccc45)cc3)c3cccc4c3oc3ccc5nc(-c6ccccc6)oc5c34)cc2)cc1. The number of furan rings is 2. The van der Waals surface area contributed by atoms with Crippen LogP contribution < -0.4 is 4.90 Å². The van der Waals surface area contributed by atoms with Gasteiger partial charge >= 0.3 is 0 Å². The van der Waals surface area contributed by atoms with Crippen LogP contribution in [-0.4, -0.2) is 4.98 Å². The molecule has 0 N–H and O–H groups in total. The van der Waals surface area contributed by atoms with Crippen molar-refractivity contribution in [1.82, 2.24) is 4.98 Å². The average Bonchev–Trinajstić information content (AvgIpc) is 3.96. The molecule has 3 heterocycles. The van der Waals surface area contributed by atoms with Gasteiger partial charge in [0.05, 0.1) is 11.1 Å². The number of rotatable bonds is 6. The summed E-state index contributed by atoms with van der Waals surface area (Å²) in [5.74, 6) is 0.585. The summed E-state index contributed by atoms with van der Waals surface area (Å²) in [6.45, 7) is 0. The zero-order chi connectivity index (χ0) is 35.6. The molecule has 0 saturated carbocycles. The van der Waals surface area contributed by atoms with Crippen molar-refractivity contribution >= 4 is 72.0 Å². The first-order valence-corrected chi connectivity index (χ1v) is 18.0. The molecule has 0 atom stereocenters. The normalized spacial score (nSPS) is 11.7. The highest BCUT2D eigenvalue weighted by atomic mass is 16.4. The van der Waals surface area contributed by atoms with Crippen LogP contribution in [0.4, 0.5) is 17.1 Å². The van der Waals surface area contributed by atoms with Crippen LogP contribution in [0.5, 0.6) is 0 Å². The molecule has 0 unspecified atom stereocenters. The van der Waals surface area contributed by atoms with Crippen molar-refractivity contribution in [1.29, 1.82) is 0 Å². The number of hydrogen-bond donors (Lipinski definition) is 0. The lowest BCUT2D eigenvalue weighted by atomic mass is 10.0. The molecule has 254 valence electrons. The van der Waals surface area contributed by atoms with E-state index in [1.165, 1.54) is 5.56 Å². The summed E-state index contributed by atoms with van der Waals surface area (Å²) < 4.78 is 19.6. The molecule has 3 aromatic heterocycles. The average molecular weight is 695 g/mol. The van der Waals surface area contributed by atoms with Crippen LogP contribution in [0.1, 0.15) is 0 Å². The molecule has 8 aromatic carbocycles. The van der Waals surface area contributed by atoms with Crippen molar-refractivity contribution in [2.45, 2.75) is 0 Å². The lowest BCUT2D eigenvalue weighted by Crippen LogP contribution is -2.10. The largest absolute Gasteiger partial charge is 0.455 e. The van der Waals surface area contributed by atoms with Gasteiger partial charge in [-0.25, -0.2) is 4.98 Å². The molecule has 0 spiro atoms. The fourth-order valence-electron chi connectivity index (χ4n) is 7.76. The van der Waals surface area contributed by atoms with Gasteiger partial charge in [0.25, 0.3) is 0 Å². The van der Waals surface area contributed by atoms with Crippen molar-refractivity contribution in [3.8, 4) is 33.7 Å². The topological polar surface area (TPSA) is 55.6 Å². The molecule has 0 aliphatic heterocycles. The third-order valence-corrected chi connectivity index (χ3v) is 10.3. The Morgan fingerprint density at radius 3 is 1.76 bits per heavy atom. The van der Waals surface area contributed by atoms with Gasteiger partial charge < -0.3 is 18.2 Å². The van der Waals surface area contributed by atoms with E-state index in [1.807, 2.05) is 60.7 Å². The predicted molar refractivity (Wildman–Crippen MR) is 220 cm³/mol. The summed E-state index contributed by atoms with van der Waals surface area (Å²) in [7, 11) is 0. The van der Waals surface area contributed by atoms with Crippen molar-refractivity contribution in [2.24, 2.45) is 0 Å². The quantitative estimate of drug-likeness (QED) is 0.173. The number of nitrogens with zero attached hydrogens (tertiary/aromatic N) is 2. The minimum atomic E-state index is 0.585. The first-order chi connectivity index (χ1) is 26.8. The number of anilines is 3. The zero-order valence-electron chi connectivity index (χ0n) is 28.9. The lowest BCUT2D eigenvalue weighted by Gasteiger charge is -2.26. The van der Waals surface area contributed by atoms with Gasteiger partial charge in [-0.05, 0) is 77.4 Å². The first-order valence-electron chi connectivity index (χ1n) is 18.0. The molecule has 0 aliphatic rings. The number of para-hydroxylation sites is 3. The summed E-state index contributed by atoms with van der Waals surface area (Å²) >= 11 is 0. The van der Waals surface area contributed by atoms with E-state index >= 15 is 0 Å². The summed E-state index contributed by atoms with van der Waals surface area (Å²) in [6, 6.07) is 62.7. The van der Waals surface area contributed by atoms with E-state index in [2.05, 4.69) is 126 Å². The Morgan fingerprint density at radius 1 is 0.370 bits per heavy atom. The number of oxazole rings is 1. The van der Waals surface area contributed by atoms with Crippen LogP contribution in [0.15, 0.2) is 195 Å². The number of fused-ring (bicyclic) bond motifs is 8. The number of aromatic nitrogens is 1. The van der Waals surface area contributed by atoms with Crippen LogP contribution in [0.2, 0.25) is 0 Å². The van der Waals surface area contributed by atoms with Crippen molar-refractivity contribution in [3.05, 3.63) is 182 Å². The fourth-order valence-corrected chi connectivity index (χ4v) is 7.76. The van der Waals surface area contributed by atoms with E-state index in [0.29, 0.717) is 11.5 Å². The summed E-state index contributed by atoms with van der Waals surface area (Å²) in [5, 5.41) is 4.10. The second-order valence-electron chi connectivity index (χ2n) is 13.5. The standard InChI is InChI=1S/C49H30N2O3/c1-3-11-31(12-4-1)32-21-25-35(26-22-32)51(36-27-23-33(24-28-36)37-16-9-17-39-38-15-7-8-20-43(38)52-46(37)39)42-19-10-18-40-45-44(53-47(40)42)30-29-41-48(45)54-49(50-41)34-13-5-2-6-14-34/h1-30H. The van der Waals surface area contributed by atoms with Gasteiger partial charge in [-0.3, -0.25) is 0 Å². The molecule has 5 nitrogen and oxygen atoms in total. The van der Waals surface area contributed by atoms with Gasteiger partial charge in [-0.2, -0.15) is 0 Å². The van der Waals surface area contributed by atoms with Crippen LogP contribution in [-0.2, 0) is 0 Å². The van der Waals surface area contributed by atoms with Crippen molar-refractivity contribution in [2.75, 3.05) is 4.90 Å². The second kappa shape index (κ2) is 12.1. The number of benzene rings is 8. The second-order valence-corrected chi connectivity index (χ2v) is 13.5. The van der Waals surface area contributed by atoms with Gasteiger partial charge in [0.1, 0.15) is 22.3 Å². The molecule has 0 aliphatic carbocycles. The minimum absolute atomic E-state index is 0.585. The van der Waals surface area contributed by atoms with Crippen molar-refractivity contribution < 1.29 is 13.3 Å². The van der Waals surface area contributed by atoms with Gasteiger partial charge in [0, 0.05) is 38.7 Å². The van der Waals surface area contributed by atoms with Gasteiger partial charge in [0.2, 0.25) is 5.89 Å². The molecular formula is C49H30N2O3. The Morgan fingerprint density at radius 2 is 0.981 bits per heavy atom. The van der Waals surface area contributed by atoms with E-state index in [9.17, 15) is 0 Å². The highest BCUT2D eigenvalue weighted by Gasteiger charge is 2.23. The Bertz CT molecular complexity index is 3140. The van der Waals surface area contributed by atoms with E-state index in [4.69, 9.17) is 18.2 Å². The van der Waals surface area contributed by atoms with Crippen molar-refractivity contribution in [3.63, 3.8) is 0 Å².